The van der Waals surface area contributed by atoms with E-state index in [1.807, 2.05) is 6.92 Å². The number of hydrogen-bond acceptors (Lipinski definition) is 2. The van der Waals surface area contributed by atoms with Gasteiger partial charge < -0.3 is 4.74 Å². The molecule has 5 heteroatoms. The first-order valence-corrected chi connectivity index (χ1v) is 6.27. The lowest BCUT2D eigenvalue weighted by molar-refractivity contribution is -0.141. The van der Waals surface area contributed by atoms with E-state index in [1.165, 1.54) is 6.07 Å². The number of rotatable bonds is 2. The molecule has 2 aromatic rings. The lowest BCUT2D eigenvalue weighted by Gasteiger charge is -2.04. The van der Waals surface area contributed by atoms with E-state index >= 15 is 0 Å². The predicted molar refractivity (Wildman–Crippen MR) is 72.8 cm³/mol. The highest BCUT2D eigenvalue weighted by Crippen LogP contribution is 2.27. The van der Waals surface area contributed by atoms with Gasteiger partial charge in [-0.25, -0.2) is 0 Å². The van der Waals surface area contributed by atoms with Gasteiger partial charge in [0, 0.05) is 17.3 Å². The van der Waals surface area contributed by atoms with Crippen LogP contribution in [0.3, 0.4) is 0 Å². The molecule has 0 saturated heterocycles. The second kappa shape index (κ2) is 6.31. The molecule has 2 rings (SSSR count). The van der Waals surface area contributed by atoms with Crippen molar-refractivity contribution in [2.75, 3.05) is 6.61 Å². The number of benzene rings is 1. The Balaban J connectivity index is 2.11. The molecule has 0 spiro atoms. The van der Waals surface area contributed by atoms with E-state index in [-0.39, 0.29) is 0 Å². The van der Waals surface area contributed by atoms with Crippen LogP contribution in [0.4, 0.5) is 13.2 Å². The van der Waals surface area contributed by atoms with Crippen molar-refractivity contribution in [2.24, 2.45) is 0 Å². The first kappa shape index (κ1) is 14.9. The number of alkyl halides is 3. The molecule has 0 radical (unpaired) electrons. The van der Waals surface area contributed by atoms with Crippen molar-refractivity contribution in [1.29, 1.82) is 0 Å². The van der Waals surface area contributed by atoms with Gasteiger partial charge in [-0.2, -0.15) is 13.2 Å². The first-order valence-electron chi connectivity index (χ1n) is 6.27. The predicted octanol–water partition coefficient (Wildman–Crippen LogP) is 3.90. The number of aromatic nitrogens is 1. The Kier molecular flexibility index (Phi) is 4.49. The lowest BCUT2D eigenvalue weighted by Crippen LogP contribution is -2.07. The van der Waals surface area contributed by atoms with E-state index < -0.39 is 11.9 Å². The minimum Gasteiger partial charge on any atom is -0.494 e. The van der Waals surface area contributed by atoms with E-state index in [9.17, 15) is 13.2 Å². The third-order valence-electron chi connectivity index (χ3n) is 2.57. The number of ether oxygens (including phenoxy) is 1. The molecule has 0 fully saturated rings. The molecule has 1 aromatic carbocycles. The van der Waals surface area contributed by atoms with E-state index in [0.717, 1.165) is 23.6 Å². The highest BCUT2D eigenvalue weighted by Gasteiger charge is 2.31. The quantitative estimate of drug-likeness (QED) is 0.783. The summed E-state index contributed by atoms with van der Waals surface area (Å²) in [6.45, 7) is 2.48. The number of nitrogens with zero attached hydrogens (tertiary/aromatic N) is 1. The van der Waals surface area contributed by atoms with Crippen molar-refractivity contribution in [3.8, 4) is 17.6 Å². The SMILES string of the molecule is CCOc1ccc(C#Cc2ccc(C(F)(F)F)nc2)cc1. The summed E-state index contributed by atoms with van der Waals surface area (Å²) in [5, 5.41) is 0. The topological polar surface area (TPSA) is 22.1 Å². The van der Waals surface area contributed by atoms with Gasteiger partial charge in [0.1, 0.15) is 11.4 Å². The summed E-state index contributed by atoms with van der Waals surface area (Å²) in [7, 11) is 0. The van der Waals surface area contributed by atoms with Crippen molar-refractivity contribution in [2.45, 2.75) is 13.1 Å². The first-order chi connectivity index (χ1) is 9.99. The average Bonchev–Trinajstić information content (AvgIpc) is 2.46. The molecule has 0 aliphatic rings. The molecule has 0 N–H and O–H groups in total. The molecule has 108 valence electrons. The summed E-state index contributed by atoms with van der Waals surface area (Å²) in [6.07, 6.45) is -3.31. The molecule has 1 heterocycles. The molecular formula is C16H12F3NO. The fourth-order valence-electron chi connectivity index (χ4n) is 1.58. The van der Waals surface area contributed by atoms with Gasteiger partial charge in [-0.3, -0.25) is 4.98 Å². The van der Waals surface area contributed by atoms with E-state index in [1.54, 1.807) is 24.3 Å². The second-order valence-electron chi connectivity index (χ2n) is 4.14. The normalized spacial score (nSPS) is 10.7. The lowest BCUT2D eigenvalue weighted by atomic mass is 10.2. The minimum atomic E-state index is -4.43. The van der Waals surface area contributed by atoms with Crippen LogP contribution in [-0.2, 0) is 6.18 Å². The smallest absolute Gasteiger partial charge is 0.433 e. The van der Waals surface area contributed by atoms with Gasteiger partial charge in [0.15, 0.2) is 0 Å². The summed E-state index contributed by atoms with van der Waals surface area (Å²) >= 11 is 0. The minimum absolute atomic E-state index is 0.428. The Morgan fingerprint density at radius 2 is 1.62 bits per heavy atom. The van der Waals surface area contributed by atoms with Crippen LogP contribution in [0.25, 0.3) is 0 Å². The Morgan fingerprint density at radius 3 is 2.14 bits per heavy atom. The Bertz CT molecular complexity index is 649. The summed E-state index contributed by atoms with van der Waals surface area (Å²) in [6, 6.07) is 9.38. The van der Waals surface area contributed by atoms with E-state index in [4.69, 9.17) is 4.74 Å². The highest BCUT2D eigenvalue weighted by molar-refractivity contribution is 5.43. The van der Waals surface area contributed by atoms with Gasteiger partial charge in [0.05, 0.1) is 6.61 Å². The molecule has 2 nitrogen and oxygen atoms in total. The van der Waals surface area contributed by atoms with Gasteiger partial charge in [0.25, 0.3) is 0 Å². The molecule has 0 saturated carbocycles. The van der Waals surface area contributed by atoms with Crippen LogP contribution in [0, 0.1) is 11.8 Å². The molecule has 0 unspecified atom stereocenters. The number of pyridine rings is 1. The zero-order valence-electron chi connectivity index (χ0n) is 11.2. The largest absolute Gasteiger partial charge is 0.494 e. The maximum absolute atomic E-state index is 12.4. The Morgan fingerprint density at radius 1 is 1.00 bits per heavy atom. The maximum Gasteiger partial charge on any atom is 0.433 e. The van der Waals surface area contributed by atoms with E-state index in [0.29, 0.717) is 12.2 Å². The molecule has 1 aromatic heterocycles. The van der Waals surface area contributed by atoms with Gasteiger partial charge in [-0.05, 0) is 43.3 Å². The summed E-state index contributed by atoms with van der Waals surface area (Å²) in [5.41, 5.74) is 0.254. The van der Waals surface area contributed by atoms with E-state index in [2.05, 4.69) is 16.8 Å². The van der Waals surface area contributed by atoms with Gasteiger partial charge in [-0.15, -0.1) is 0 Å². The van der Waals surface area contributed by atoms with Crippen LogP contribution in [0.15, 0.2) is 42.6 Å². The van der Waals surface area contributed by atoms with Crippen LogP contribution < -0.4 is 4.74 Å². The number of halogens is 3. The zero-order valence-corrected chi connectivity index (χ0v) is 11.2. The van der Waals surface area contributed by atoms with Gasteiger partial charge >= 0.3 is 6.18 Å². The van der Waals surface area contributed by atoms with Gasteiger partial charge in [0.2, 0.25) is 0 Å². The van der Waals surface area contributed by atoms with Crippen molar-refractivity contribution >= 4 is 0 Å². The summed E-state index contributed by atoms with van der Waals surface area (Å²) in [4.78, 5) is 3.35. The fourth-order valence-corrected chi connectivity index (χ4v) is 1.58. The molecule has 21 heavy (non-hydrogen) atoms. The maximum atomic E-state index is 12.4. The third kappa shape index (κ3) is 4.25. The van der Waals surface area contributed by atoms with Crippen molar-refractivity contribution < 1.29 is 17.9 Å². The zero-order chi connectivity index (χ0) is 15.3. The summed E-state index contributed by atoms with van der Waals surface area (Å²) in [5.74, 6) is 6.38. The van der Waals surface area contributed by atoms with Crippen LogP contribution in [0.1, 0.15) is 23.7 Å². The Labute approximate surface area is 120 Å². The second-order valence-corrected chi connectivity index (χ2v) is 4.14. The molecule has 0 aliphatic heterocycles. The molecule has 0 aliphatic carbocycles. The van der Waals surface area contributed by atoms with Crippen molar-refractivity contribution in [3.63, 3.8) is 0 Å². The highest BCUT2D eigenvalue weighted by atomic mass is 19.4. The van der Waals surface area contributed by atoms with Crippen molar-refractivity contribution in [3.05, 3.63) is 59.4 Å². The van der Waals surface area contributed by atoms with Crippen LogP contribution in [-0.4, -0.2) is 11.6 Å². The molecule has 0 amide bonds. The van der Waals surface area contributed by atoms with Crippen LogP contribution in [0.2, 0.25) is 0 Å². The van der Waals surface area contributed by atoms with Crippen LogP contribution >= 0.6 is 0 Å². The molecule has 0 bridgehead atoms. The third-order valence-corrected chi connectivity index (χ3v) is 2.57. The molecule has 0 atom stereocenters. The van der Waals surface area contributed by atoms with Crippen molar-refractivity contribution in [1.82, 2.24) is 4.98 Å². The number of hydrogen-bond donors (Lipinski definition) is 0. The van der Waals surface area contributed by atoms with Crippen LogP contribution in [0.5, 0.6) is 5.75 Å². The average molecular weight is 291 g/mol. The van der Waals surface area contributed by atoms with Gasteiger partial charge in [-0.1, -0.05) is 11.8 Å². The summed E-state index contributed by atoms with van der Waals surface area (Å²) < 4.78 is 42.4. The Hall–Kier alpha value is -2.48. The fraction of sp³-hybridized carbons (Fsp3) is 0.188. The monoisotopic (exact) mass is 291 g/mol. The standard InChI is InChI=1S/C16H12F3NO/c1-2-21-14-8-5-12(6-9-14)3-4-13-7-10-15(20-11-13)16(17,18)19/h5-11H,2H2,1H3. The molecular weight excluding hydrogens is 279 g/mol.